The standard InChI is InChI=1S/C24H32F2N2O3.ClH/c25-24(26)6-1-18(2-7-24)28-23(29)17-11-16-5-10-31-22(16)20(12-17)19-13-21(19)27-14-15-3-8-30-9-4-15;/h11-12,15,18-19,21,27H,1-10,13-14H2,(H,28,29);1H/t19-,21+;/m0./s1. The van der Waals surface area contributed by atoms with E-state index in [0.717, 1.165) is 62.3 Å². The molecule has 4 aliphatic rings. The van der Waals surface area contributed by atoms with Crippen molar-refractivity contribution < 1.29 is 23.0 Å². The third-order valence-corrected chi connectivity index (χ3v) is 7.33. The lowest BCUT2D eigenvalue weighted by Gasteiger charge is -2.28. The molecule has 0 spiro atoms. The van der Waals surface area contributed by atoms with E-state index < -0.39 is 5.92 Å². The molecule has 1 amide bonds. The van der Waals surface area contributed by atoms with E-state index in [-0.39, 0.29) is 37.2 Å². The van der Waals surface area contributed by atoms with Crippen molar-refractivity contribution in [3.05, 3.63) is 28.8 Å². The summed E-state index contributed by atoms with van der Waals surface area (Å²) in [6.07, 6.45) is 4.47. The van der Waals surface area contributed by atoms with Gasteiger partial charge in [0.1, 0.15) is 5.75 Å². The van der Waals surface area contributed by atoms with Gasteiger partial charge in [-0.3, -0.25) is 4.79 Å². The Hall–Kier alpha value is -1.44. The number of carbonyl (C=O) groups excluding carboxylic acids is 1. The Kier molecular flexibility index (Phi) is 7.27. The van der Waals surface area contributed by atoms with E-state index in [0.29, 0.717) is 42.9 Å². The average molecular weight is 471 g/mol. The molecule has 1 saturated heterocycles. The van der Waals surface area contributed by atoms with E-state index in [2.05, 4.69) is 10.6 Å². The maximum atomic E-state index is 13.4. The van der Waals surface area contributed by atoms with E-state index >= 15 is 0 Å². The molecule has 0 radical (unpaired) electrons. The fourth-order valence-electron chi connectivity index (χ4n) is 5.23. The van der Waals surface area contributed by atoms with E-state index in [1.54, 1.807) is 0 Å². The van der Waals surface area contributed by atoms with Crippen molar-refractivity contribution in [2.24, 2.45) is 5.92 Å². The monoisotopic (exact) mass is 470 g/mol. The highest BCUT2D eigenvalue weighted by molar-refractivity contribution is 5.95. The summed E-state index contributed by atoms with van der Waals surface area (Å²) in [4.78, 5) is 12.9. The van der Waals surface area contributed by atoms with Crippen molar-refractivity contribution >= 4 is 18.3 Å². The molecule has 5 rings (SSSR count). The van der Waals surface area contributed by atoms with Crippen molar-refractivity contribution in [2.75, 3.05) is 26.4 Å². The number of halogens is 3. The minimum Gasteiger partial charge on any atom is -0.493 e. The summed E-state index contributed by atoms with van der Waals surface area (Å²) in [7, 11) is 0. The van der Waals surface area contributed by atoms with Gasteiger partial charge in [-0.1, -0.05) is 0 Å². The lowest BCUT2D eigenvalue weighted by Crippen LogP contribution is -2.40. The zero-order chi connectivity index (χ0) is 21.4. The van der Waals surface area contributed by atoms with Crippen LogP contribution in [-0.4, -0.2) is 50.3 Å². The van der Waals surface area contributed by atoms with Crippen LogP contribution in [0.5, 0.6) is 5.75 Å². The van der Waals surface area contributed by atoms with Crippen LogP contribution in [0, 0.1) is 5.92 Å². The second kappa shape index (κ2) is 9.82. The Morgan fingerprint density at radius 3 is 2.59 bits per heavy atom. The number of carbonyl (C=O) groups is 1. The smallest absolute Gasteiger partial charge is 0.251 e. The van der Waals surface area contributed by atoms with Crippen LogP contribution in [0.4, 0.5) is 8.78 Å². The Balaban J connectivity index is 0.00000245. The molecule has 3 fully saturated rings. The van der Waals surface area contributed by atoms with Gasteiger partial charge in [0.25, 0.3) is 5.91 Å². The zero-order valence-corrected chi connectivity index (χ0v) is 19.2. The first kappa shape index (κ1) is 23.7. The van der Waals surface area contributed by atoms with Crippen molar-refractivity contribution in [1.82, 2.24) is 10.6 Å². The Morgan fingerprint density at radius 2 is 1.84 bits per heavy atom. The SMILES string of the molecule is Cl.O=C(NC1CCC(F)(F)CC1)c1cc2c(c([C@@H]3C[C@H]3NCC3CCOCC3)c1)OCC2. The number of benzene rings is 1. The van der Waals surface area contributed by atoms with Crippen LogP contribution in [0.25, 0.3) is 0 Å². The van der Waals surface area contributed by atoms with Gasteiger partial charge in [0, 0.05) is 56.0 Å². The number of fused-ring (bicyclic) bond motifs is 1. The maximum absolute atomic E-state index is 13.4. The van der Waals surface area contributed by atoms with E-state index in [1.165, 1.54) is 0 Å². The Bertz CT molecular complexity index is 822. The van der Waals surface area contributed by atoms with Crippen LogP contribution in [0.1, 0.15) is 72.3 Å². The molecule has 0 bridgehead atoms. The lowest BCUT2D eigenvalue weighted by molar-refractivity contribution is -0.0399. The number of hydrogen-bond donors (Lipinski definition) is 2. The maximum Gasteiger partial charge on any atom is 0.251 e. The van der Waals surface area contributed by atoms with Gasteiger partial charge >= 0.3 is 0 Å². The summed E-state index contributed by atoms with van der Waals surface area (Å²) in [6, 6.07) is 4.15. The molecule has 8 heteroatoms. The first-order valence-corrected chi connectivity index (χ1v) is 11.8. The molecule has 2 saturated carbocycles. The fraction of sp³-hybridized carbons (Fsp3) is 0.708. The number of amides is 1. The topological polar surface area (TPSA) is 59.6 Å². The highest BCUT2D eigenvalue weighted by Gasteiger charge is 2.42. The average Bonchev–Trinajstić information content (AvgIpc) is 3.38. The van der Waals surface area contributed by atoms with Crippen LogP contribution < -0.4 is 15.4 Å². The molecule has 1 aromatic rings. The van der Waals surface area contributed by atoms with Crippen LogP contribution in [0.15, 0.2) is 12.1 Å². The van der Waals surface area contributed by atoms with Gasteiger partial charge in [-0.05, 0) is 67.8 Å². The first-order valence-electron chi connectivity index (χ1n) is 11.8. The first-order chi connectivity index (χ1) is 15.0. The van der Waals surface area contributed by atoms with Crippen LogP contribution in [-0.2, 0) is 11.2 Å². The molecule has 5 nitrogen and oxygen atoms in total. The third kappa shape index (κ3) is 5.37. The molecule has 2 N–H and O–H groups in total. The van der Waals surface area contributed by atoms with Crippen LogP contribution >= 0.6 is 12.4 Å². The second-order valence-corrected chi connectivity index (χ2v) is 9.67. The molecule has 178 valence electrons. The van der Waals surface area contributed by atoms with E-state index in [1.807, 2.05) is 12.1 Å². The molecular formula is C24H33ClF2N2O3. The molecule has 1 aromatic carbocycles. The highest BCUT2D eigenvalue weighted by Crippen LogP contribution is 2.48. The number of ether oxygens (including phenoxy) is 2. The van der Waals surface area contributed by atoms with Gasteiger partial charge < -0.3 is 20.1 Å². The highest BCUT2D eigenvalue weighted by atomic mass is 35.5. The van der Waals surface area contributed by atoms with Gasteiger partial charge in [-0.2, -0.15) is 0 Å². The summed E-state index contributed by atoms with van der Waals surface area (Å²) in [6.45, 7) is 3.38. The number of hydrogen-bond acceptors (Lipinski definition) is 4. The quantitative estimate of drug-likeness (QED) is 0.653. The van der Waals surface area contributed by atoms with Gasteiger partial charge in [0.2, 0.25) is 5.92 Å². The van der Waals surface area contributed by atoms with Gasteiger partial charge in [-0.25, -0.2) is 8.78 Å². The molecule has 0 aromatic heterocycles. The van der Waals surface area contributed by atoms with Gasteiger partial charge in [-0.15, -0.1) is 12.4 Å². The lowest BCUT2D eigenvalue weighted by atomic mass is 9.92. The summed E-state index contributed by atoms with van der Waals surface area (Å²) >= 11 is 0. The fourth-order valence-corrected chi connectivity index (χ4v) is 5.23. The van der Waals surface area contributed by atoms with Gasteiger partial charge in [0.05, 0.1) is 6.61 Å². The van der Waals surface area contributed by atoms with Crippen molar-refractivity contribution in [3.63, 3.8) is 0 Å². The predicted octanol–water partition coefficient (Wildman–Crippen LogP) is 4.22. The molecule has 32 heavy (non-hydrogen) atoms. The van der Waals surface area contributed by atoms with Gasteiger partial charge in [0.15, 0.2) is 0 Å². The summed E-state index contributed by atoms with van der Waals surface area (Å²) < 4.78 is 38.2. The van der Waals surface area contributed by atoms with Crippen molar-refractivity contribution in [1.29, 1.82) is 0 Å². The molecule has 2 aliphatic carbocycles. The van der Waals surface area contributed by atoms with E-state index in [9.17, 15) is 13.6 Å². The molecular weight excluding hydrogens is 438 g/mol. The molecule has 0 unspecified atom stereocenters. The van der Waals surface area contributed by atoms with Crippen molar-refractivity contribution in [2.45, 2.75) is 75.3 Å². The Morgan fingerprint density at radius 1 is 1.09 bits per heavy atom. The predicted molar refractivity (Wildman–Crippen MR) is 120 cm³/mol. The molecule has 2 aliphatic heterocycles. The molecule has 2 heterocycles. The third-order valence-electron chi connectivity index (χ3n) is 7.33. The van der Waals surface area contributed by atoms with E-state index in [4.69, 9.17) is 9.47 Å². The summed E-state index contributed by atoms with van der Waals surface area (Å²) in [5, 5.41) is 6.69. The van der Waals surface area contributed by atoms with Crippen molar-refractivity contribution in [3.8, 4) is 5.75 Å². The minimum absolute atomic E-state index is 0. The Labute approximate surface area is 194 Å². The molecule has 2 atom stereocenters. The largest absolute Gasteiger partial charge is 0.493 e. The number of rotatable bonds is 6. The normalized spacial score (nSPS) is 27.2. The summed E-state index contributed by atoms with van der Waals surface area (Å²) in [5.41, 5.74) is 2.85. The number of alkyl halides is 2. The second-order valence-electron chi connectivity index (χ2n) is 9.67. The summed E-state index contributed by atoms with van der Waals surface area (Å²) in [5.74, 6) is -0.740. The van der Waals surface area contributed by atoms with Crippen LogP contribution in [0.3, 0.4) is 0 Å². The van der Waals surface area contributed by atoms with Crippen LogP contribution in [0.2, 0.25) is 0 Å². The zero-order valence-electron chi connectivity index (χ0n) is 18.3. The number of nitrogens with one attached hydrogen (secondary N) is 2. The minimum atomic E-state index is -2.59.